The second kappa shape index (κ2) is 14.0. The summed E-state index contributed by atoms with van der Waals surface area (Å²) in [6.07, 6.45) is 0.291. The molecule has 3 atom stereocenters. The van der Waals surface area contributed by atoms with Gasteiger partial charge in [-0.25, -0.2) is 25.7 Å². The number of hydrogen-bond donors (Lipinski definition) is 3. The molecule has 1 fully saturated rings. The molecule has 2 heterocycles. The second-order valence-electron chi connectivity index (χ2n) is 10.2. The molecule has 2 aromatic rings. The summed E-state index contributed by atoms with van der Waals surface area (Å²) in [6.45, 7) is 7.68. The Morgan fingerprint density at radius 2 is 1.80 bits per heavy atom. The van der Waals surface area contributed by atoms with Crippen LogP contribution in [0.25, 0.3) is 0 Å². The van der Waals surface area contributed by atoms with Gasteiger partial charge in [0.15, 0.2) is 5.84 Å². The average molecular weight is 599 g/mol. The SMILES string of the molecule is CC[C@@H]1CC(N(Cc2cc(Cl)cc(C(F)(F)F)c2)c2ncc(/C(N)=N/NNC)cn2)C[C@H](CC)N1C(=O)OC(C)C. The van der Waals surface area contributed by atoms with Crippen LogP contribution in [0, 0.1) is 0 Å². The lowest BCUT2D eigenvalue weighted by atomic mass is 9.87. The first kappa shape index (κ1) is 32.2. The molecule has 0 saturated carbocycles. The zero-order valence-corrected chi connectivity index (χ0v) is 24.6. The number of alkyl halides is 3. The van der Waals surface area contributed by atoms with Gasteiger partial charge in [-0.05, 0) is 63.3 Å². The fourth-order valence-electron chi connectivity index (χ4n) is 5.04. The van der Waals surface area contributed by atoms with Crippen molar-refractivity contribution in [3.05, 3.63) is 52.3 Å². The van der Waals surface area contributed by atoms with Gasteiger partial charge >= 0.3 is 12.3 Å². The first-order valence-corrected chi connectivity index (χ1v) is 13.9. The topological polar surface area (TPSA) is 121 Å². The van der Waals surface area contributed by atoms with Crippen LogP contribution in [0.2, 0.25) is 5.02 Å². The molecule has 0 bridgehead atoms. The molecule has 3 rings (SSSR count). The van der Waals surface area contributed by atoms with Gasteiger partial charge in [0.05, 0.1) is 17.2 Å². The van der Waals surface area contributed by atoms with E-state index in [0.717, 1.165) is 12.1 Å². The normalized spacial score (nSPS) is 19.8. The molecule has 0 spiro atoms. The lowest BCUT2D eigenvalue weighted by molar-refractivity contribution is -0.137. The number of nitrogens with two attached hydrogens (primary N) is 1. The van der Waals surface area contributed by atoms with Gasteiger partial charge in [0.25, 0.3) is 0 Å². The van der Waals surface area contributed by atoms with Gasteiger partial charge in [0.1, 0.15) is 0 Å². The van der Waals surface area contributed by atoms with Gasteiger partial charge in [0, 0.05) is 49.1 Å². The van der Waals surface area contributed by atoms with Crippen LogP contribution in [-0.2, 0) is 17.5 Å². The van der Waals surface area contributed by atoms with Crippen LogP contribution < -0.4 is 21.6 Å². The molecule has 1 aliphatic heterocycles. The predicted molar refractivity (Wildman–Crippen MR) is 152 cm³/mol. The Morgan fingerprint density at radius 3 is 2.32 bits per heavy atom. The highest BCUT2D eigenvalue weighted by Gasteiger charge is 2.41. The van der Waals surface area contributed by atoms with Crippen molar-refractivity contribution < 1.29 is 22.7 Å². The summed E-state index contributed by atoms with van der Waals surface area (Å²) in [5, 5.41) is 3.93. The Kier molecular flexibility index (Phi) is 11.0. The Morgan fingerprint density at radius 1 is 1.20 bits per heavy atom. The highest BCUT2D eigenvalue weighted by molar-refractivity contribution is 6.30. The first-order valence-electron chi connectivity index (χ1n) is 13.6. The molecule has 1 saturated heterocycles. The Bertz CT molecular complexity index is 1180. The Balaban J connectivity index is 2.02. The molecule has 1 aromatic carbocycles. The lowest BCUT2D eigenvalue weighted by Crippen LogP contribution is -2.57. The van der Waals surface area contributed by atoms with E-state index in [2.05, 4.69) is 26.0 Å². The molecule has 0 aliphatic carbocycles. The van der Waals surface area contributed by atoms with Crippen LogP contribution in [-0.4, -0.2) is 58.1 Å². The average Bonchev–Trinajstić information content (AvgIpc) is 2.92. The number of amidine groups is 1. The number of amides is 1. The number of ether oxygens (including phenoxy) is 1. The van der Waals surface area contributed by atoms with Crippen LogP contribution in [0.15, 0.2) is 35.7 Å². The number of piperidine rings is 1. The number of halogens is 4. The van der Waals surface area contributed by atoms with Crippen LogP contribution in [0.1, 0.15) is 70.1 Å². The van der Waals surface area contributed by atoms with Gasteiger partial charge < -0.3 is 20.3 Å². The van der Waals surface area contributed by atoms with Crippen molar-refractivity contribution in [2.45, 2.75) is 90.3 Å². The number of rotatable bonds is 10. The standard InChI is InChI=1S/C27H38ClF3N8O2/c1-6-21-11-23(12-22(7-2)39(21)26(40)41-16(3)4)38(15-17-8-19(27(29,30)31)10-20(28)9-17)25-34-13-18(14-35-25)24(32)36-37-33-5/h8-10,13-14,16,21-23,33,37H,6-7,11-12,15H2,1-5H3,(H2,32,36)/t21-,22+,23?. The molecule has 14 heteroatoms. The molecule has 226 valence electrons. The van der Waals surface area contributed by atoms with E-state index >= 15 is 0 Å². The number of benzene rings is 1. The molecule has 1 aliphatic rings. The minimum Gasteiger partial charge on any atom is -0.447 e. The number of anilines is 1. The second-order valence-corrected chi connectivity index (χ2v) is 10.6. The zero-order chi connectivity index (χ0) is 30.3. The summed E-state index contributed by atoms with van der Waals surface area (Å²) in [6, 6.07) is 3.02. The molecule has 41 heavy (non-hydrogen) atoms. The summed E-state index contributed by atoms with van der Waals surface area (Å²) in [7, 11) is 1.63. The third-order valence-corrected chi connectivity index (χ3v) is 7.14. The largest absolute Gasteiger partial charge is 0.447 e. The third kappa shape index (κ3) is 8.35. The van der Waals surface area contributed by atoms with Gasteiger partial charge in [-0.1, -0.05) is 25.4 Å². The summed E-state index contributed by atoms with van der Waals surface area (Å²) in [4.78, 5) is 25.8. The maximum Gasteiger partial charge on any atom is 0.416 e. The summed E-state index contributed by atoms with van der Waals surface area (Å²) < 4.78 is 46.3. The number of hydrogen-bond acceptors (Lipinski definition) is 8. The number of hydrazone groups is 1. The van der Waals surface area contributed by atoms with E-state index in [-0.39, 0.29) is 47.7 Å². The van der Waals surface area contributed by atoms with Gasteiger partial charge in [-0.15, -0.1) is 5.10 Å². The van der Waals surface area contributed by atoms with Crippen molar-refractivity contribution in [3.8, 4) is 0 Å². The van der Waals surface area contributed by atoms with Crippen molar-refractivity contribution in [1.29, 1.82) is 0 Å². The predicted octanol–water partition coefficient (Wildman–Crippen LogP) is 5.07. The summed E-state index contributed by atoms with van der Waals surface area (Å²) >= 11 is 6.11. The first-order chi connectivity index (χ1) is 19.4. The minimum absolute atomic E-state index is 0.0174. The number of hydrazine groups is 1. The van der Waals surface area contributed by atoms with E-state index in [4.69, 9.17) is 22.1 Å². The summed E-state index contributed by atoms with van der Waals surface area (Å²) in [5.41, 5.74) is 11.1. The molecular weight excluding hydrogens is 561 g/mol. The van der Waals surface area contributed by atoms with Gasteiger partial charge in [-0.2, -0.15) is 13.2 Å². The van der Waals surface area contributed by atoms with E-state index in [1.165, 1.54) is 18.5 Å². The maximum atomic E-state index is 13.6. The van der Waals surface area contributed by atoms with Crippen molar-refractivity contribution in [3.63, 3.8) is 0 Å². The van der Waals surface area contributed by atoms with Crippen LogP contribution in [0.3, 0.4) is 0 Å². The van der Waals surface area contributed by atoms with Crippen molar-refractivity contribution >= 4 is 29.5 Å². The molecule has 1 amide bonds. The van der Waals surface area contributed by atoms with E-state index in [1.54, 1.807) is 7.05 Å². The third-order valence-electron chi connectivity index (χ3n) is 6.92. The number of carbonyl (C=O) groups is 1. The molecule has 0 radical (unpaired) electrons. The van der Waals surface area contributed by atoms with E-state index in [0.29, 0.717) is 42.8 Å². The molecular formula is C27H38ClF3N8O2. The van der Waals surface area contributed by atoms with Crippen LogP contribution in [0.5, 0.6) is 0 Å². The fraction of sp³-hybridized carbons (Fsp3) is 0.556. The maximum absolute atomic E-state index is 13.6. The number of aromatic nitrogens is 2. The monoisotopic (exact) mass is 598 g/mol. The van der Waals surface area contributed by atoms with E-state index in [9.17, 15) is 18.0 Å². The Hall–Kier alpha value is -3.32. The number of nitrogens with one attached hydrogen (secondary N) is 2. The fourth-order valence-corrected chi connectivity index (χ4v) is 5.30. The van der Waals surface area contributed by atoms with Crippen molar-refractivity contribution in [2.75, 3.05) is 11.9 Å². The van der Waals surface area contributed by atoms with Crippen molar-refractivity contribution in [1.82, 2.24) is 25.8 Å². The minimum atomic E-state index is -4.55. The van der Waals surface area contributed by atoms with Crippen LogP contribution >= 0.6 is 11.6 Å². The molecule has 1 aromatic heterocycles. The molecule has 10 nitrogen and oxygen atoms in total. The quantitative estimate of drug-likeness (QED) is 0.197. The highest BCUT2D eigenvalue weighted by Crippen LogP contribution is 2.35. The van der Waals surface area contributed by atoms with Gasteiger partial charge in [-0.3, -0.25) is 0 Å². The van der Waals surface area contributed by atoms with Crippen LogP contribution in [0.4, 0.5) is 23.9 Å². The summed E-state index contributed by atoms with van der Waals surface area (Å²) in [5.74, 6) is 0.459. The highest BCUT2D eigenvalue weighted by atomic mass is 35.5. The number of likely N-dealkylation sites (tertiary alicyclic amines) is 1. The Labute approximate surface area is 243 Å². The van der Waals surface area contributed by atoms with E-state index in [1.807, 2.05) is 37.5 Å². The number of nitrogens with zero attached hydrogens (tertiary/aromatic N) is 5. The van der Waals surface area contributed by atoms with Gasteiger partial charge in [0.2, 0.25) is 5.95 Å². The van der Waals surface area contributed by atoms with E-state index < -0.39 is 11.7 Å². The molecule has 4 N–H and O–H groups in total. The lowest BCUT2D eigenvalue weighted by Gasteiger charge is -2.47. The zero-order valence-electron chi connectivity index (χ0n) is 23.9. The number of carbonyl (C=O) groups excluding carboxylic acids is 1. The molecule has 1 unspecified atom stereocenters. The smallest absolute Gasteiger partial charge is 0.416 e. The van der Waals surface area contributed by atoms with Crippen molar-refractivity contribution in [2.24, 2.45) is 10.8 Å².